The second-order valence-corrected chi connectivity index (χ2v) is 8.38. The maximum Gasteiger partial charge on any atom is 0.257 e. The number of ether oxygens (including phenoxy) is 2. The third-order valence-corrected chi connectivity index (χ3v) is 5.56. The van der Waals surface area contributed by atoms with Crippen LogP contribution in [-0.2, 0) is 4.79 Å². The van der Waals surface area contributed by atoms with Crippen LogP contribution in [0.4, 0.5) is 5.69 Å². The zero-order valence-electron chi connectivity index (χ0n) is 18.0. The SMILES string of the molecule is COc1ccn(C=C2C(=O)Nc3cccc(C#CC(O)c4ccc(Cl)cc4OCSC)c32)c1. The standard InChI is InChI=1S/C25H21ClN2O4S/c1-31-18-10-11-28(13-18)14-20-24-16(4-3-5-21(24)27-25(20)30)6-9-22(29)19-8-7-17(26)12-23(19)32-15-33-2/h3-5,7-8,10-14,22,29H,15H2,1-2H3,(H,27,30). The van der Waals surface area contributed by atoms with Crippen molar-refractivity contribution in [1.82, 2.24) is 4.57 Å². The van der Waals surface area contributed by atoms with Gasteiger partial charge < -0.3 is 24.5 Å². The fraction of sp³-hybridized carbons (Fsp3) is 0.160. The number of aliphatic hydroxyl groups is 1. The predicted octanol–water partition coefficient (Wildman–Crippen LogP) is 4.88. The summed E-state index contributed by atoms with van der Waals surface area (Å²) in [5.41, 5.74) is 2.97. The first-order valence-corrected chi connectivity index (χ1v) is 11.8. The summed E-state index contributed by atoms with van der Waals surface area (Å²) in [6.45, 7) is 0. The fourth-order valence-electron chi connectivity index (χ4n) is 3.43. The lowest BCUT2D eigenvalue weighted by molar-refractivity contribution is -0.110. The van der Waals surface area contributed by atoms with Gasteiger partial charge in [0.25, 0.3) is 5.91 Å². The lowest BCUT2D eigenvalue weighted by Gasteiger charge is -2.12. The van der Waals surface area contributed by atoms with Crippen molar-refractivity contribution in [2.75, 3.05) is 24.6 Å². The van der Waals surface area contributed by atoms with E-state index in [9.17, 15) is 9.90 Å². The van der Waals surface area contributed by atoms with Crippen molar-refractivity contribution in [2.24, 2.45) is 0 Å². The molecule has 0 aliphatic carbocycles. The molecule has 1 aliphatic rings. The molecule has 6 nitrogen and oxygen atoms in total. The van der Waals surface area contributed by atoms with Gasteiger partial charge in [-0.1, -0.05) is 35.6 Å². The largest absolute Gasteiger partial charge is 0.495 e. The van der Waals surface area contributed by atoms with Crippen molar-refractivity contribution in [3.8, 4) is 23.3 Å². The summed E-state index contributed by atoms with van der Waals surface area (Å²) in [5.74, 6) is 7.27. The number of hydrogen-bond acceptors (Lipinski definition) is 5. The number of aromatic nitrogens is 1. The molecule has 2 N–H and O–H groups in total. The average molecular weight is 481 g/mol. The van der Waals surface area contributed by atoms with E-state index >= 15 is 0 Å². The number of amides is 1. The molecule has 1 aliphatic heterocycles. The molecule has 2 aromatic carbocycles. The van der Waals surface area contributed by atoms with Crippen molar-refractivity contribution in [1.29, 1.82) is 0 Å². The predicted molar refractivity (Wildman–Crippen MR) is 133 cm³/mol. The Morgan fingerprint density at radius 2 is 2.15 bits per heavy atom. The Morgan fingerprint density at radius 3 is 2.91 bits per heavy atom. The Balaban J connectivity index is 1.69. The van der Waals surface area contributed by atoms with E-state index in [1.807, 2.05) is 24.5 Å². The van der Waals surface area contributed by atoms with Gasteiger partial charge in [0.05, 0.1) is 24.6 Å². The molecule has 0 fully saturated rings. The molecule has 0 radical (unpaired) electrons. The average Bonchev–Trinajstić information content (AvgIpc) is 3.40. The second-order valence-electron chi connectivity index (χ2n) is 7.13. The van der Waals surface area contributed by atoms with E-state index in [1.54, 1.807) is 54.5 Å². The number of aliphatic hydroxyl groups excluding tert-OH is 1. The molecule has 1 atom stereocenters. The smallest absolute Gasteiger partial charge is 0.257 e. The maximum absolute atomic E-state index is 12.6. The van der Waals surface area contributed by atoms with Gasteiger partial charge in [-0.05, 0) is 36.6 Å². The van der Waals surface area contributed by atoms with E-state index in [-0.39, 0.29) is 5.91 Å². The third kappa shape index (κ3) is 5.04. The number of carbonyl (C=O) groups excluding carboxylic acids is 1. The Labute approximate surface area is 201 Å². The van der Waals surface area contributed by atoms with Crippen molar-refractivity contribution in [3.05, 3.63) is 76.6 Å². The van der Waals surface area contributed by atoms with Crippen molar-refractivity contribution < 1.29 is 19.4 Å². The monoisotopic (exact) mass is 480 g/mol. The molecule has 0 bridgehead atoms. The van der Waals surface area contributed by atoms with Crippen LogP contribution >= 0.6 is 23.4 Å². The van der Waals surface area contributed by atoms with Gasteiger partial charge in [0.1, 0.15) is 23.5 Å². The summed E-state index contributed by atoms with van der Waals surface area (Å²) in [4.78, 5) is 12.6. The minimum Gasteiger partial charge on any atom is -0.495 e. The first kappa shape index (κ1) is 22.9. The van der Waals surface area contributed by atoms with Crippen LogP contribution in [0.3, 0.4) is 0 Å². The van der Waals surface area contributed by atoms with Crippen LogP contribution in [0.2, 0.25) is 5.02 Å². The quantitative estimate of drug-likeness (QED) is 0.299. The maximum atomic E-state index is 12.6. The lowest BCUT2D eigenvalue weighted by Crippen LogP contribution is -2.04. The number of fused-ring (bicyclic) bond motifs is 1. The van der Waals surface area contributed by atoms with Crippen molar-refractivity contribution in [2.45, 2.75) is 6.10 Å². The Kier molecular flexibility index (Phi) is 6.99. The molecule has 1 aromatic heterocycles. The lowest BCUT2D eigenvalue weighted by atomic mass is 10.0. The highest BCUT2D eigenvalue weighted by molar-refractivity contribution is 7.98. The number of nitrogens with one attached hydrogen (secondary N) is 1. The Morgan fingerprint density at radius 1 is 1.30 bits per heavy atom. The Bertz CT molecular complexity index is 1290. The summed E-state index contributed by atoms with van der Waals surface area (Å²) in [6, 6.07) is 12.3. The molecular weight excluding hydrogens is 460 g/mol. The van der Waals surface area contributed by atoms with Crippen molar-refractivity contribution in [3.63, 3.8) is 0 Å². The number of thioether (sulfide) groups is 1. The minimum absolute atomic E-state index is 0.224. The number of carbonyl (C=O) groups is 1. The molecule has 33 heavy (non-hydrogen) atoms. The van der Waals surface area contributed by atoms with Crippen LogP contribution in [0.15, 0.2) is 54.9 Å². The van der Waals surface area contributed by atoms with Gasteiger partial charge in [-0.2, -0.15) is 0 Å². The normalized spacial score (nSPS) is 14.3. The van der Waals surface area contributed by atoms with E-state index < -0.39 is 6.10 Å². The molecule has 1 unspecified atom stereocenters. The molecule has 2 heterocycles. The van der Waals surface area contributed by atoms with Crippen molar-refractivity contribution >= 4 is 46.7 Å². The van der Waals surface area contributed by atoms with Crippen LogP contribution in [0.1, 0.15) is 22.8 Å². The van der Waals surface area contributed by atoms with E-state index in [2.05, 4.69) is 17.2 Å². The zero-order chi connectivity index (χ0) is 23.4. The molecule has 168 valence electrons. The van der Waals surface area contributed by atoms with Gasteiger partial charge in [0.2, 0.25) is 0 Å². The fourth-order valence-corrected chi connectivity index (χ4v) is 3.83. The summed E-state index contributed by atoms with van der Waals surface area (Å²) >= 11 is 7.60. The Hall–Kier alpha value is -3.31. The van der Waals surface area contributed by atoms with Gasteiger partial charge in [0, 0.05) is 34.1 Å². The van der Waals surface area contributed by atoms with Crippen LogP contribution in [0.5, 0.6) is 11.5 Å². The number of hydrogen-bond donors (Lipinski definition) is 2. The van der Waals surface area contributed by atoms with E-state index in [0.29, 0.717) is 50.4 Å². The minimum atomic E-state index is -1.10. The van der Waals surface area contributed by atoms with Gasteiger partial charge in [-0.3, -0.25) is 4.79 Å². The molecule has 3 aromatic rings. The van der Waals surface area contributed by atoms with E-state index in [4.69, 9.17) is 21.1 Å². The van der Waals surface area contributed by atoms with Gasteiger partial charge in [-0.15, -0.1) is 11.8 Å². The number of methoxy groups -OCH3 is 1. The molecule has 0 spiro atoms. The number of halogens is 1. The topological polar surface area (TPSA) is 72.7 Å². The first-order valence-electron chi connectivity index (χ1n) is 9.99. The van der Waals surface area contributed by atoms with Crippen LogP contribution < -0.4 is 14.8 Å². The summed E-state index contributed by atoms with van der Waals surface area (Å²) in [5, 5.41) is 14.1. The van der Waals surface area contributed by atoms with Gasteiger partial charge >= 0.3 is 0 Å². The second kappa shape index (κ2) is 10.1. The molecular formula is C25H21ClN2O4S. The number of nitrogens with zero attached hydrogens (tertiary/aromatic N) is 1. The van der Waals surface area contributed by atoms with Crippen LogP contribution in [0.25, 0.3) is 11.8 Å². The highest BCUT2D eigenvalue weighted by Gasteiger charge is 2.26. The van der Waals surface area contributed by atoms with Gasteiger partial charge in [-0.25, -0.2) is 0 Å². The molecule has 4 rings (SSSR count). The summed E-state index contributed by atoms with van der Waals surface area (Å²) < 4.78 is 12.7. The van der Waals surface area contributed by atoms with E-state index in [0.717, 1.165) is 0 Å². The first-order chi connectivity index (χ1) is 16.0. The number of anilines is 1. The number of rotatable bonds is 6. The molecule has 0 saturated heterocycles. The van der Waals surface area contributed by atoms with Crippen LogP contribution in [-0.4, -0.2) is 34.9 Å². The van der Waals surface area contributed by atoms with E-state index in [1.165, 1.54) is 11.8 Å². The van der Waals surface area contributed by atoms with Gasteiger partial charge in [0.15, 0.2) is 0 Å². The molecule has 8 heteroatoms. The molecule has 0 saturated carbocycles. The number of benzene rings is 2. The molecule has 1 amide bonds. The summed E-state index contributed by atoms with van der Waals surface area (Å²) in [6.07, 6.45) is 6.11. The van der Waals surface area contributed by atoms with Crippen LogP contribution in [0, 0.1) is 11.8 Å². The third-order valence-electron chi connectivity index (χ3n) is 4.97. The zero-order valence-corrected chi connectivity index (χ0v) is 19.5. The highest BCUT2D eigenvalue weighted by atomic mass is 35.5. The summed E-state index contributed by atoms with van der Waals surface area (Å²) in [7, 11) is 1.58. The highest BCUT2D eigenvalue weighted by Crippen LogP contribution is 2.35.